The quantitative estimate of drug-likeness (QED) is 0.305. The minimum Gasteiger partial charge on any atom is -0.352 e. The van der Waals surface area contributed by atoms with Crippen molar-refractivity contribution in [2.24, 2.45) is 0 Å². The number of carbonyl (C=O) groups is 2. The van der Waals surface area contributed by atoms with Gasteiger partial charge in [0.05, 0.1) is 12.1 Å². The fraction of sp³-hybridized carbons (Fsp3) is 0.370. The number of ketones is 1. The highest BCUT2D eigenvalue weighted by Crippen LogP contribution is 2.28. The summed E-state index contributed by atoms with van der Waals surface area (Å²) in [5, 5.41) is 3.53. The zero-order valence-electron chi connectivity index (χ0n) is 19.5. The normalized spacial score (nSPS) is 12.1. The summed E-state index contributed by atoms with van der Waals surface area (Å²) >= 11 is 0. The molecular formula is C27H32N2O4. The second kappa shape index (κ2) is 12.2. The number of rotatable bonds is 12. The van der Waals surface area contributed by atoms with E-state index in [0.717, 1.165) is 30.4 Å². The molecule has 1 unspecified atom stereocenters. The average molecular weight is 449 g/mol. The lowest BCUT2D eigenvalue weighted by Gasteiger charge is -2.18. The Hall–Kier alpha value is -3.09. The van der Waals surface area contributed by atoms with Crippen molar-refractivity contribution in [3.05, 3.63) is 77.5 Å². The van der Waals surface area contributed by atoms with E-state index < -0.39 is 6.29 Å². The van der Waals surface area contributed by atoms with E-state index in [-0.39, 0.29) is 24.2 Å². The number of amides is 1. The molecule has 0 radical (unpaired) electrons. The van der Waals surface area contributed by atoms with Crippen LogP contribution in [-0.4, -0.2) is 37.4 Å². The molecule has 0 aliphatic heterocycles. The van der Waals surface area contributed by atoms with Crippen molar-refractivity contribution in [1.82, 2.24) is 10.3 Å². The maximum atomic E-state index is 13.0. The summed E-state index contributed by atoms with van der Waals surface area (Å²) in [4.78, 5) is 30.1. The van der Waals surface area contributed by atoms with Gasteiger partial charge in [-0.25, -0.2) is 0 Å². The highest BCUT2D eigenvalue weighted by molar-refractivity contribution is 6.09. The van der Waals surface area contributed by atoms with Gasteiger partial charge in [0.1, 0.15) is 0 Å². The van der Waals surface area contributed by atoms with Crippen LogP contribution in [0, 0.1) is 0 Å². The molecule has 6 heteroatoms. The van der Waals surface area contributed by atoms with Gasteiger partial charge in [0, 0.05) is 43.4 Å². The second-order valence-electron chi connectivity index (χ2n) is 8.06. The third kappa shape index (κ3) is 6.24. The molecule has 1 aromatic heterocycles. The molecule has 0 aliphatic carbocycles. The van der Waals surface area contributed by atoms with Gasteiger partial charge in [-0.05, 0) is 24.0 Å². The van der Waals surface area contributed by atoms with Crippen LogP contribution in [0.15, 0.2) is 60.8 Å². The maximum absolute atomic E-state index is 13.0. The SMILES string of the molecule is CCCCC(CC(=O)NCC(=O)c1ccc(C(OC)OC)c2ncccc12)c1ccccc1. The van der Waals surface area contributed by atoms with Crippen LogP contribution in [0.1, 0.15) is 66.3 Å². The predicted octanol–water partition coefficient (Wildman–Crippen LogP) is 5.19. The Balaban J connectivity index is 1.71. The largest absolute Gasteiger partial charge is 0.352 e. The number of pyridine rings is 1. The molecule has 3 rings (SSSR count). The zero-order chi connectivity index (χ0) is 23.6. The molecular weight excluding hydrogens is 416 g/mol. The molecule has 33 heavy (non-hydrogen) atoms. The Morgan fingerprint density at radius 3 is 2.45 bits per heavy atom. The molecule has 0 saturated carbocycles. The molecule has 1 atom stereocenters. The number of hydrogen-bond donors (Lipinski definition) is 1. The van der Waals surface area contributed by atoms with Gasteiger partial charge in [-0.3, -0.25) is 14.6 Å². The monoisotopic (exact) mass is 448 g/mol. The first kappa shape index (κ1) is 24.6. The van der Waals surface area contributed by atoms with Crippen molar-refractivity contribution in [1.29, 1.82) is 0 Å². The lowest BCUT2D eigenvalue weighted by Crippen LogP contribution is -2.30. The van der Waals surface area contributed by atoms with Crippen LogP contribution in [0.5, 0.6) is 0 Å². The summed E-state index contributed by atoms with van der Waals surface area (Å²) in [6, 6.07) is 17.3. The Bertz CT molecular complexity index is 1060. The number of fused-ring (bicyclic) bond motifs is 1. The number of nitrogens with zero attached hydrogens (tertiary/aromatic N) is 1. The molecule has 1 heterocycles. The van der Waals surface area contributed by atoms with Gasteiger partial charge in [0.2, 0.25) is 5.91 Å². The van der Waals surface area contributed by atoms with Crippen LogP contribution < -0.4 is 5.32 Å². The molecule has 6 nitrogen and oxygen atoms in total. The number of methoxy groups -OCH3 is 2. The fourth-order valence-electron chi connectivity index (χ4n) is 4.11. The topological polar surface area (TPSA) is 77.5 Å². The van der Waals surface area contributed by atoms with E-state index in [1.807, 2.05) is 24.3 Å². The van der Waals surface area contributed by atoms with Gasteiger partial charge in [-0.2, -0.15) is 0 Å². The minimum atomic E-state index is -0.579. The van der Waals surface area contributed by atoms with Gasteiger partial charge in [-0.15, -0.1) is 0 Å². The number of carbonyl (C=O) groups excluding carboxylic acids is 2. The Labute approximate surface area is 195 Å². The summed E-state index contributed by atoms with van der Waals surface area (Å²) in [5.41, 5.74) is 3.06. The maximum Gasteiger partial charge on any atom is 0.220 e. The van der Waals surface area contributed by atoms with Crippen LogP contribution in [0.3, 0.4) is 0 Å². The molecule has 0 fully saturated rings. The first-order valence-electron chi connectivity index (χ1n) is 11.4. The molecule has 0 spiro atoms. The first-order chi connectivity index (χ1) is 16.1. The molecule has 0 saturated heterocycles. The van der Waals surface area contributed by atoms with E-state index >= 15 is 0 Å². The van der Waals surface area contributed by atoms with Gasteiger partial charge in [0.15, 0.2) is 12.1 Å². The van der Waals surface area contributed by atoms with E-state index in [4.69, 9.17) is 9.47 Å². The summed E-state index contributed by atoms with van der Waals surface area (Å²) < 4.78 is 10.7. The van der Waals surface area contributed by atoms with Crippen molar-refractivity contribution in [3.63, 3.8) is 0 Å². The van der Waals surface area contributed by atoms with Gasteiger partial charge < -0.3 is 14.8 Å². The highest BCUT2D eigenvalue weighted by atomic mass is 16.7. The Kier molecular flexibility index (Phi) is 9.10. The molecule has 2 aromatic carbocycles. The van der Waals surface area contributed by atoms with Crippen molar-refractivity contribution in [3.8, 4) is 0 Å². The van der Waals surface area contributed by atoms with Crippen molar-refractivity contribution < 1.29 is 19.1 Å². The van der Waals surface area contributed by atoms with Crippen molar-refractivity contribution in [2.45, 2.75) is 44.8 Å². The lowest BCUT2D eigenvalue weighted by atomic mass is 9.90. The van der Waals surface area contributed by atoms with E-state index in [2.05, 4.69) is 29.4 Å². The summed E-state index contributed by atoms with van der Waals surface area (Å²) in [5.74, 6) is -0.138. The van der Waals surface area contributed by atoms with Gasteiger partial charge in [-0.1, -0.05) is 68.3 Å². The number of Topliss-reactive ketones (excluding diaryl/α,β-unsaturated/α-hetero) is 1. The zero-order valence-corrected chi connectivity index (χ0v) is 19.5. The van der Waals surface area contributed by atoms with Crippen LogP contribution in [0.2, 0.25) is 0 Å². The Morgan fingerprint density at radius 1 is 1.00 bits per heavy atom. The highest BCUT2D eigenvalue weighted by Gasteiger charge is 2.20. The standard InChI is InChI=1S/C27H32N2O4/c1-4-5-10-20(19-11-7-6-8-12-19)17-25(31)29-18-24(30)21-14-15-23(27(32-2)33-3)26-22(21)13-9-16-28-26/h6-9,11-16,20,27H,4-5,10,17-18H2,1-3H3,(H,29,31). The second-order valence-corrected chi connectivity index (χ2v) is 8.06. The number of hydrogen-bond acceptors (Lipinski definition) is 5. The van der Waals surface area contributed by atoms with Gasteiger partial charge in [0.25, 0.3) is 0 Å². The molecule has 3 aromatic rings. The number of benzene rings is 2. The van der Waals surface area contributed by atoms with Crippen molar-refractivity contribution >= 4 is 22.6 Å². The third-order valence-electron chi connectivity index (χ3n) is 5.84. The van der Waals surface area contributed by atoms with Crippen LogP contribution in [0.4, 0.5) is 0 Å². The first-order valence-corrected chi connectivity index (χ1v) is 11.4. The van der Waals surface area contributed by atoms with E-state index in [0.29, 0.717) is 22.9 Å². The van der Waals surface area contributed by atoms with Crippen molar-refractivity contribution in [2.75, 3.05) is 20.8 Å². The average Bonchev–Trinajstić information content (AvgIpc) is 2.86. The number of nitrogens with one attached hydrogen (secondary N) is 1. The molecule has 0 aliphatic rings. The number of ether oxygens (including phenoxy) is 2. The Morgan fingerprint density at radius 2 is 1.76 bits per heavy atom. The van der Waals surface area contributed by atoms with E-state index in [1.165, 1.54) is 0 Å². The molecule has 1 N–H and O–H groups in total. The molecule has 0 bridgehead atoms. The van der Waals surface area contributed by atoms with Gasteiger partial charge >= 0.3 is 0 Å². The fourth-order valence-corrected chi connectivity index (χ4v) is 4.11. The third-order valence-corrected chi connectivity index (χ3v) is 5.84. The minimum absolute atomic E-state index is 0.0601. The number of aromatic nitrogens is 1. The summed E-state index contributed by atoms with van der Waals surface area (Å²) in [7, 11) is 3.11. The number of unbranched alkanes of at least 4 members (excludes halogenated alkanes) is 1. The predicted molar refractivity (Wildman–Crippen MR) is 129 cm³/mol. The lowest BCUT2D eigenvalue weighted by molar-refractivity contribution is -0.121. The van der Waals surface area contributed by atoms with E-state index in [1.54, 1.807) is 38.6 Å². The molecule has 174 valence electrons. The van der Waals surface area contributed by atoms with Crippen LogP contribution in [-0.2, 0) is 14.3 Å². The van der Waals surface area contributed by atoms with Crippen LogP contribution in [0.25, 0.3) is 10.9 Å². The summed E-state index contributed by atoms with van der Waals surface area (Å²) in [6.07, 6.45) is 4.53. The summed E-state index contributed by atoms with van der Waals surface area (Å²) in [6.45, 7) is 2.09. The van der Waals surface area contributed by atoms with E-state index in [9.17, 15) is 9.59 Å². The smallest absolute Gasteiger partial charge is 0.220 e. The molecule has 1 amide bonds. The van der Waals surface area contributed by atoms with Crippen LogP contribution >= 0.6 is 0 Å².